The van der Waals surface area contributed by atoms with Crippen LogP contribution >= 0.6 is 0 Å². The molecule has 0 saturated heterocycles. The van der Waals surface area contributed by atoms with Crippen molar-refractivity contribution in [2.24, 2.45) is 0 Å². The Kier molecular flexibility index (Phi) is 9.78. The van der Waals surface area contributed by atoms with Crippen molar-refractivity contribution in [2.75, 3.05) is 0 Å². The zero-order valence-electron chi connectivity index (χ0n) is 7.00. The third-order valence-electron chi connectivity index (χ3n) is 0.694. The van der Waals surface area contributed by atoms with Crippen LogP contribution < -0.4 is 0 Å². The molecule has 0 amide bonds. The fourth-order valence-corrected chi connectivity index (χ4v) is 0.136. The van der Waals surface area contributed by atoms with E-state index in [4.69, 9.17) is 5.11 Å². The van der Waals surface area contributed by atoms with Crippen molar-refractivity contribution in [2.45, 2.75) is 13.8 Å². The quantitative estimate of drug-likeness (QED) is 0.489. The van der Waals surface area contributed by atoms with Crippen LogP contribution in [0.25, 0.3) is 0 Å². The molecule has 0 rings (SSSR count). The van der Waals surface area contributed by atoms with E-state index in [0.29, 0.717) is 0 Å². The summed E-state index contributed by atoms with van der Waals surface area (Å²) in [7, 11) is 0. The number of hydrogen-bond acceptors (Lipinski definition) is 1. The minimum absolute atomic E-state index is 0.176. The molecule has 0 aromatic carbocycles. The van der Waals surface area contributed by atoms with Gasteiger partial charge in [-0.25, -0.2) is 4.79 Å². The van der Waals surface area contributed by atoms with Crippen LogP contribution in [0.15, 0.2) is 37.0 Å². The lowest BCUT2D eigenvalue weighted by Gasteiger charge is -1.79. The summed E-state index contributed by atoms with van der Waals surface area (Å²) in [5, 5.41) is 7.89. The average molecular weight is 154 g/mol. The molecule has 0 bridgehead atoms. The van der Waals surface area contributed by atoms with Crippen LogP contribution in [0, 0.1) is 0 Å². The average Bonchev–Trinajstić information content (AvgIpc) is 1.90. The predicted molar refractivity (Wildman–Crippen MR) is 47.5 cm³/mol. The standard InChI is InChI=1S/C5H8.C4H6O2/c1-3-5-4-2;1-3(2)4(5)6/h3-5H,1H2,2H3;1H2,2H3,(H,5,6). The third-order valence-corrected chi connectivity index (χ3v) is 0.694. The monoisotopic (exact) mass is 154 g/mol. The molecule has 0 fully saturated rings. The highest BCUT2D eigenvalue weighted by Gasteiger charge is 1.90. The largest absolute Gasteiger partial charge is 0.478 e. The topological polar surface area (TPSA) is 37.3 Å². The van der Waals surface area contributed by atoms with Crippen molar-refractivity contribution < 1.29 is 9.90 Å². The molecular weight excluding hydrogens is 140 g/mol. The summed E-state index contributed by atoms with van der Waals surface area (Å²) < 4.78 is 0. The minimum atomic E-state index is -0.935. The van der Waals surface area contributed by atoms with Crippen molar-refractivity contribution >= 4 is 5.97 Å². The molecule has 62 valence electrons. The maximum atomic E-state index is 9.60. The SMILES string of the molecule is C=C(C)C(=O)O.C=CC=CC. The van der Waals surface area contributed by atoms with E-state index in [2.05, 4.69) is 13.2 Å². The predicted octanol–water partition coefficient (Wildman–Crippen LogP) is 2.40. The summed E-state index contributed by atoms with van der Waals surface area (Å²) in [6, 6.07) is 0. The van der Waals surface area contributed by atoms with E-state index in [1.807, 2.05) is 19.1 Å². The van der Waals surface area contributed by atoms with Crippen LogP contribution in [0.5, 0.6) is 0 Å². The zero-order valence-corrected chi connectivity index (χ0v) is 7.00. The summed E-state index contributed by atoms with van der Waals surface area (Å²) in [6.45, 7) is 10.0. The number of carbonyl (C=O) groups is 1. The second-order valence-corrected chi connectivity index (χ2v) is 1.85. The van der Waals surface area contributed by atoms with E-state index in [1.54, 1.807) is 6.08 Å². The second-order valence-electron chi connectivity index (χ2n) is 1.85. The minimum Gasteiger partial charge on any atom is -0.478 e. The molecule has 0 aliphatic heterocycles. The lowest BCUT2D eigenvalue weighted by molar-refractivity contribution is -0.132. The number of carboxylic acid groups (broad SMARTS) is 1. The lowest BCUT2D eigenvalue weighted by atomic mass is 10.4. The van der Waals surface area contributed by atoms with Gasteiger partial charge < -0.3 is 5.11 Å². The van der Waals surface area contributed by atoms with E-state index in [0.717, 1.165) is 0 Å². The number of rotatable bonds is 2. The van der Waals surface area contributed by atoms with E-state index in [9.17, 15) is 4.79 Å². The Bertz CT molecular complexity index is 154. The lowest BCUT2D eigenvalue weighted by Crippen LogP contribution is -1.92. The fraction of sp³-hybridized carbons (Fsp3) is 0.222. The van der Waals surface area contributed by atoms with Gasteiger partial charge in [-0.3, -0.25) is 0 Å². The van der Waals surface area contributed by atoms with Crippen molar-refractivity contribution in [1.29, 1.82) is 0 Å². The molecule has 0 saturated carbocycles. The molecule has 0 aromatic rings. The van der Waals surface area contributed by atoms with Gasteiger partial charge in [-0.05, 0) is 13.8 Å². The molecule has 0 unspecified atom stereocenters. The van der Waals surface area contributed by atoms with Crippen molar-refractivity contribution in [3.8, 4) is 0 Å². The molecule has 2 nitrogen and oxygen atoms in total. The van der Waals surface area contributed by atoms with Gasteiger partial charge in [0.2, 0.25) is 0 Å². The first kappa shape index (κ1) is 12.4. The highest BCUT2D eigenvalue weighted by atomic mass is 16.4. The Morgan fingerprint density at radius 1 is 1.55 bits per heavy atom. The van der Waals surface area contributed by atoms with Gasteiger partial charge in [0.1, 0.15) is 0 Å². The van der Waals surface area contributed by atoms with Crippen molar-refractivity contribution in [1.82, 2.24) is 0 Å². The number of hydrogen-bond donors (Lipinski definition) is 1. The molecule has 2 heteroatoms. The van der Waals surface area contributed by atoms with Crippen LogP contribution in [-0.2, 0) is 4.79 Å². The molecule has 0 aliphatic carbocycles. The van der Waals surface area contributed by atoms with Gasteiger partial charge in [-0.1, -0.05) is 31.4 Å². The Balaban J connectivity index is 0. The van der Waals surface area contributed by atoms with Crippen LogP contribution in [0.4, 0.5) is 0 Å². The zero-order chi connectivity index (χ0) is 9.28. The van der Waals surface area contributed by atoms with E-state index < -0.39 is 5.97 Å². The Morgan fingerprint density at radius 3 is 1.91 bits per heavy atom. The van der Waals surface area contributed by atoms with E-state index in [1.165, 1.54) is 6.92 Å². The summed E-state index contributed by atoms with van der Waals surface area (Å²) in [5.74, 6) is -0.935. The number of carboxylic acids is 1. The van der Waals surface area contributed by atoms with Gasteiger partial charge in [0, 0.05) is 5.57 Å². The molecular formula is C9H14O2. The smallest absolute Gasteiger partial charge is 0.330 e. The van der Waals surface area contributed by atoms with Gasteiger partial charge in [0.05, 0.1) is 0 Å². The normalized spacial score (nSPS) is 8.18. The summed E-state index contributed by atoms with van der Waals surface area (Å²) in [5.41, 5.74) is 0.176. The second kappa shape index (κ2) is 8.69. The molecule has 0 heterocycles. The van der Waals surface area contributed by atoms with E-state index in [-0.39, 0.29) is 5.57 Å². The van der Waals surface area contributed by atoms with Crippen LogP contribution in [0.2, 0.25) is 0 Å². The maximum Gasteiger partial charge on any atom is 0.330 e. The van der Waals surface area contributed by atoms with Gasteiger partial charge in [0.25, 0.3) is 0 Å². The Morgan fingerprint density at radius 2 is 1.91 bits per heavy atom. The highest BCUT2D eigenvalue weighted by molar-refractivity contribution is 5.84. The Labute approximate surface area is 67.6 Å². The number of allylic oxidation sites excluding steroid dienone is 3. The van der Waals surface area contributed by atoms with Crippen LogP contribution in [0.1, 0.15) is 13.8 Å². The van der Waals surface area contributed by atoms with Crippen LogP contribution in [-0.4, -0.2) is 11.1 Å². The molecule has 0 radical (unpaired) electrons. The number of aliphatic carboxylic acids is 1. The first-order valence-corrected chi connectivity index (χ1v) is 3.18. The van der Waals surface area contributed by atoms with Gasteiger partial charge >= 0.3 is 5.97 Å². The summed E-state index contributed by atoms with van der Waals surface area (Å²) in [4.78, 5) is 9.60. The summed E-state index contributed by atoms with van der Waals surface area (Å²) >= 11 is 0. The molecule has 0 aliphatic rings. The molecule has 0 atom stereocenters. The molecule has 11 heavy (non-hydrogen) atoms. The Hall–Kier alpha value is -1.31. The van der Waals surface area contributed by atoms with Gasteiger partial charge in [-0.2, -0.15) is 0 Å². The van der Waals surface area contributed by atoms with E-state index >= 15 is 0 Å². The van der Waals surface area contributed by atoms with Crippen molar-refractivity contribution in [3.05, 3.63) is 37.0 Å². The van der Waals surface area contributed by atoms with Crippen LogP contribution in [0.3, 0.4) is 0 Å². The molecule has 1 N–H and O–H groups in total. The highest BCUT2D eigenvalue weighted by Crippen LogP contribution is 1.81. The molecule has 0 spiro atoms. The summed E-state index contributed by atoms with van der Waals surface area (Å²) in [6.07, 6.45) is 5.58. The van der Waals surface area contributed by atoms with Crippen molar-refractivity contribution in [3.63, 3.8) is 0 Å². The fourth-order valence-electron chi connectivity index (χ4n) is 0.136. The van der Waals surface area contributed by atoms with Gasteiger partial charge in [-0.15, -0.1) is 0 Å². The molecule has 0 aromatic heterocycles. The third kappa shape index (κ3) is 17.7. The maximum absolute atomic E-state index is 9.60. The van der Waals surface area contributed by atoms with Gasteiger partial charge in [0.15, 0.2) is 0 Å². The first-order chi connectivity index (χ1) is 5.06. The first-order valence-electron chi connectivity index (χ1n) is 3.18.